The maximum absolute atomic E-state index is 8.79. The van der Waals surface area contributed by atoms with Gasteiger partial charge in [-0.15, -0.1) is 5.10 Å². The molecule has 0 aliphatic carbocycles. The summed E-state index contributed by atoms with van der Waals surface area (Å²) in [6.07, 6.45) is 4.48. The molecule has 2 aromatic heterocycles. The normalized spacial score (nSPS) is 9.71. The number of halogens is 1. The zero-order valence-electron chi connectivity index (χ0n) is 6.92. The van der Waals surface area contributed by atoms with Crippen LogP contribution in [0.25, 0.3) is 5.82 Å². The number of hydrogen-bond acceptors (Lipinski definition) is 4. The van der Waals surface area contributed by atoms with Crippen LogP contribution in [0.5, 0.6) is 0 Å². The first kappa shape index (κ1) is 8.66. The van der Waals surface area contributed by atoms with Crippen molar-refractivity contribution in [2.24, 2.45) is 0 Å². The number of rotatable bonds is 1. The van der Waals surface area contributed by atoms with Crippen LogP contribution < -0.4 is 0 Å². The summed E-state index contributed by atoms with van der Waals surface area (Å²) in [5.41, 5.74) is 0.403. The van der Waals surface area contributed by atoms with E-state index in [9.17, 15) is 0 Å². The summed E-state index contributed by atoms with van der Waals surface area (Å²) in [6, 6.07) is 3.56. The minimum absolute atomic E-state index is 0.377. The molecular weight excluding hydrogens is 202 g/mol. The van der Waals surface area contributed by atoms with Gasteiger partial charge in [-0.3, -0.25) is 0 Å². The van der Waals surface area contributed by atoms with Crippen LogP contribution in [-0.4, -0.2) is 20.0 Å². The lowest BCUT2D eigenvalue weighted by Crippen LogP contribution is -2.02. The van der Waals surface area contributed by atoms with Crippen LogP contribution >= 0.6 is 11.6 Å². The van der Waals surface area contributed by atoms with E-state index in [-0.39, 0.29) is 0 Å². The zero-order chi connectivity index (χ0) is 9.97. The van der Waals surface area contributed by atoms with E-state index in [1.807, 2.05) is 6.07 Å². The largest absolute Gasteiger partial charge is 0.218 e. The molecule has 0 aliphatic heterocycles. The smallest absolute Gasteiger partial charge is 0.193 e. The fourth-order valence-electron chi connectivity index (χ4n) is 0.997. The van der Waals surface area contributed by atoms with Crippen LogP contribution in [0, 0.1) is 11.3 Å². The lowest BCUT2D eigenvalue weighted by atomic mass is 10.3. The Morgan fingerprint density at radius 3 is 3.00 bits per heavy atom. The SMILES string of the molecule is N#Cc1ccnnc1-n1cc(Cl)cn1. The molecule has 0 radical (unpaired) electrons. The van der Waals surface area contributed by atoms with E-state index < -0.39 is 0 Å². The molecule has 6 heteroatoms. The van der Waals surface area contributed by atoms with Crippen LogP contribution in [0.3, 0.4) is 0 Å². The molecule has 2 heterocycles. The van der Waals surface area contributed by atoms with Gasteiger partial charge in [0.1, 0.15) is 11.6 Å². The number of nitriles is 1. The van der Waals surface area contributed by atoms with Crippen LogP contribution in [0.2, 0.25) is 5.02 Å². The van der Waals surface area contributed by atoms with E-state index in [2.05, 4.69) is 15.3 Å². The van der Waals surface area contributed by atoms with Gasteiger partial charge in [-0.25, -0.2) is 4.68 Å². The fourth-order valence-corrected chi connectivity index (χ4v) is 1.13. The first-order valence-electron chi connectivity index (χ1n) is 3.73. The number of hydrogen-bond donors (Lipinski definition) is 0. The molecule has 0 saturated carbocycles. The molecule has 0 aliphatic rings. The highest BCUT2D eigenvalue weighted by Gasteiger charge is 2.06. The van der Waals surface area contributed by atoms with Gasteiger partial charge in [0.25, 0.3) is 0 Å². The minimum atomic E-state index is 0.377. The second-order valence-corrected chi connectivity index (χ2v) is 2.92. The van der Waals surface area contributed by atoms with Crippen LogP contribution in [0.15, 0.2) is 24.7 Å². The zero-order valence-corrected chi connectivity index (χ0v) is 7.68. The molecule has 0 saturated heterocycles. The monoisotopic (exact) mass is 205 g/mol. The summed E-state index contributed by atoms with van der Waals surface area (Å²) < 4.78 is 1.41. The quantitative estimate of drug-likeness (QED) is 0.701. The van der Waals surface area contributed by atoms with Crippen LogP contribution in [-0.2, 0) is 0 Å². The highest BCUT2D eigenvalue weighted by atomic mass is 35.5. The fraction of sp³-hybridized carbons (Fsp3) is 0. The third-order valence-electron chi connectivity index (χ3n) is 1.59. The molecule has 0 bridgehead atoms. The highest BCUT2D eigenvalue weighted by molar-refractivity contribution is 6.30. The van der Waals surface area contributed by atoms with Crippen molar-refractivity contribution in [1.29, 1.82) is 5.26 Å². The molecule has 68 valence electrons. The van der Waals surface area contributed by atoms with E-state index in [4.69, 9.17) is 16.9 Å². The summed E-state index contributed by atoms with van der Waals surface area (Å²) in [5, 5.41) is 20.7. The van der Waals surface area contributed by atoms with Crippen molar-refractivity contribution in [1.82, 2.24) is 20.0 Å². The standard InChI is InChI=1S/C8H4ClN5/c9-7-4-12-14(5-7)8-6(3-10)1-2-11-13-8/h1-2,4-5H. The van der Waals surface area contributed by atoms with E-state index in [0.29, 0.717) is 16.4 Å². The molecule has 0 fully saturated rings. The van der Waals surface area contributed by atoms with E-state index in [1.165, 1.54) is 17.1 Å². The van der Waals surface area contributed by atoms with Crippen molar-refractivity contribution >= 4 is 11.6 Å². The van der Waals surface area contributed by atoms with Gasteiger partial charge in [0.05, 0.1) is 23.6 Å². The van der Waals surface area contributed by atoms with Crippen molar-refractivity contribution < 1.29 is 0 Å². The third kappa shape index (κ3) is 1.43. The number of nitrogens with zero attached hydrogens (tertiary/aromatic N) is 5. The number of aromatic nitrogens is 4. The third-order valence-corrected chi connectivity index (χ3v) is 1.78. The van der Waals surface area contributed by atoms with Gasteiger partial charge in [-0.2, -0.15) is 15.5 Å². The van der Waals surface area contributed by atoms with E-state index in [1.54, 1.807) is 12.3 Å². The first-order valence-corrected chi connectivity index (χ1v) is 4.11. The molecule has 0 aromatic carbocycles. The predicted molar refractivity (Wildman–Crippen MR) is 48.9 cm³/mol. The van der Waals surface area contributed by atoms with Gasteiger partial charge in [0.2, 0.25) is 0 Å². The first-order chi connectivity index (χ1) is 6.81. The second-order valence-electron chi connectivity index (χ2n) is 2.48. The average Bonchev–Trinajstić information content (AvgIpc) is 2.65. The van der Waals surface area contributed by atoms with Gasteiger partial charge < -0.3 is 0 Å². The van der Waals surface area contributed by atoms with Crippen molar-refractivity contribution in [2.45, 2.75) is 0 Å². The van der Waals surface area contributed by atoms with Crippen molar-refractivity contribution in [2.75, 3.05) is 0 Å². The van der Waals surface area contributed by atoms with Crippen molar-refractivity contribution in [3.05, 3.63) is 35.2 Å². The van der Waals surface area contributed by atoms with Crippen molar-refractivity contribution in [3.8, 4) is 11.9 Å². The summed E-state index contributed by atoms with van der Waals surface area (Å²) in [6.45, 7) is 0. The molecule has 0 unspecified atom stereocenters. The molecule has 0 spiro atoms. The Balaban J connectivity index is 2.57. The molecule has 2 aromatic rings. The van der Waals surface area contributed by atoms with Gasteiger partial charge in [-0.05, 0) is 6.07 Å². The molecule has 0 amide bonds. The molecule has 2 rings (SSSR count). The second kappa shape index (κ2) is 3.44. The maximum Gasteiger partial charge on any atom is 0.193 e. The van der Waals surface area contributed by atoms with Gasteiger partial charge in [0, 0.05) is 0 Å². The molecule has 0 N–H and O–H groups in total. The summed E-state index contributed by atoms with van der Waals surface area (Å²) in [4.78, 5) is 0. The van der Waals surface area contributed by atoms with Crippen LogP contribution in [0.1, 0.15) is 5.56 Å². The maximum atomic E-state index is 8.79. The van der Waals surface area contributed by atoms with Crippen molar-refractivity contribution in [3.63, 3.8) is 0 Å². The Bertz CT molecular complexity index is 498. The Morgan fingerprint density at radius 2 is 2.36 bits per heavy atom. The summed E-state index contributed by atoms with van der Waals surface area (Å²) in [5.74, 6) is 0.377. The topological polar surface area (TPSA) is 67.4 Å². The van der Waals surface area contributed by atoms with Gasteiger partial charge in [0.15, 0.2) is 5.82 Å². The average molecular weight is 206 g/mol. The highest BCUT2D eigenvalue weighted by Crippen LogP contribution is 2.11. The Labute approximate surface area is 84.6 Å². The molecule has 0 atom stereocenters. The Morgan fingerprint density at radius 1 is 1.50 bits per heavy atom. The summed E-state index contributed by atoms with van der Waals surface area (Å²) >= 11 is 5.69. The van der Waals surface area contributed by atoms with Crippen LogP contribution in [0.4, 0.5) is 0 Å². The van der Waals surface area contributed by atoms with E-state index in [0.717, 1.165) is 0 Å². The Kier molecular flexibility index (Phi) is 2.13. The predicted octanol–water partition coefficient (Wildman–Crippen LogP) is 1.19. The lowest BCUT2D eigenvalue weighted by molar-refractivity contribution is 0.810. The minimum Gasteiger partial charge on any atom is -0.218 e. The molecule has 5 nitrogen and oxygen atoms in total. The molecule has 14 heavy (non-hydrogen) atoms. The Hall–Kier alpha value is -1.93. The summed E-state index contributed by atoms with van der Waals surface area (Å²) in [7, 11) is 0. The van der Waals surface area contributed by atoms with E-state index >= 15 is 0 Å². The lowest BCUT2D eigenvalue weighted by Gasteiger charge is -1.99. The van der Waals surface area contributed by atoms with Gasteiger partial charge in [-0.1, -0.05) is 11.6 Å². The molecular formula is C8H4ClN5. The van der Waals surface area contributed by atoms with Gasteiger partial charge >= 0.3 is 0 Å².